The minimum Gasteiger partial charge on any atom is -0.493 e. The number of carbonyl (C=O) groups excluding carboxylic acids is 1. The molecule has 0 saturated heterocycles. The van der Waals surface area contributed by atoms with Crippen molar-refractivity contribution in [3.63, 3.8) is 0 Å². The third-order valence-electron chi connectivity index (χ3n) is 5.12. The van der Waals surface area contributed by atoms with Gasteiger partial charge in [0.05, 0.1) is 14.2 Å². The highest BCUT2D eigenvalue weighted by atomic mass is 16.5. The molecule has 2 heterocycles. The number of ether oxygens (including phenoxy) is 2. The number of hydrogen-bond acceptors (Lipinski definition) is 10. The number of methoxy groups -OCH3 is 2. The van der Waals surface area contributed by atoms with Gasteiger partial charge in [-0.2, -0.15) is 20.0 Å². The first-order chi connectivity index (χ1) is 17.6. The Morgan fingerprint density at radius 2 is 1.50 bits per heavy atom. The van der Waals surface area contributed by atoms with Crippen LogP contribution in [0.15, 0.2) is 59.2 Å². The van der Waals surface area contributed by atoms with E-state index >= 15 is 0 Å². The summed E-state index contributed by atoms with van der Waals surface area (Å²) in [6.45, 7) is 5.15. The largest absolute Gasteiger partial charge is 0.493 e. The topological polar surface area (TPSA) is 126 Å². The molecule has 0 radical (unpaired) electrons. The van der Waals surface area contributed by atoms with Crippen molar-refractivity contribution in [2.75, 3.05) is 43.4 Å². The SMILES string of the molecule is CCNc1nc(NCC)nc(NN2C(=O)/C(=C/c3ccc(OC)c(OC)c3)N=C2c2ccccc2)n1. The zero-order valence-electron chi connectivity index (χ0n) is 20.6. The van der Waals surface area contributed by atoms with E-state index in [2.05, 4.69) is 36.0 Å². The molecule has 0 aliphatic carbocycles. The summed E-state index contributed by atoms with van der Waals surface area (Å²) in [7, 11) is 3.13. The van der Waals surface area contributed by atoms with Crippen LogP contribution < -0.4 is 25.5 Å². The van der Waals surface area contributed by atoms with Gasteiger partial charge in [0.2, 0.25) is 17.8 Å². The van der Waals surface area contributed by atoms with Crippen molar-refractivity contribution in [2.24, 2.45) is 4.99 Å². The molecule has 0 unspecified atom stereocenters. The van der Waals surface area contributed by atoms with Crippen molar-refractivity contribution in [2.45, 2.75) is 13.8 Å². The van der Waals surface area contributed by atoms with Gasteiger partial charge in [-0.15, -0.1) is 0 Å². The molecule has 1 aromatic heterocycles. The van der Waals surface area contributed by atoms with E-state index in [1.165, 1.54) is 5.01 Å². The van der Waals surface area contributed by atoms with E-state index in [0.717, 1.165) is 11.1 Å². The number of benzene rings is 2. The quantitative estimate of drug-likeness (QED) is 0.368. The molecular weight excluding hydrogens is 460 g/mol. The van der Waals surface area contributed by atoms with E-state index in [4.69, 9.17) is 9.47 Å². The molecule has 36 heavy (non-hydrogen) atoms. The summed E-state index contributed by atoms with van der Waals surface area (Å²) in [5.41, 5.74) is 4.74. The molecule has 1 amide bonds. The van der Waals surface area contributed by atoms with E-state index in [1.54, 1.807) is 32.4 Å². The van der Waals surface area contributed by atoms with Crippen LogP contribution >= 0.6 is 0 Å². The Morgan fingerprint density at radius 1 is 0.861 bits per heavy atom. The van der Waals surface area contributed by atoms with Crippen molar-refractivity contribution in [1.29, 1.82) is 0 Å². The van der Waals surface area contributed by atoms with Crippen molar-refractivity contribution in [1.82, 2.24) is 20.0 Å². The number of nitrogens with zero attached hydrogens (tertiary/aromatic N) is 5. The maximum absolute atomic E-state index is 13.5. The molecule has 0 fully saturated rings. The lowest BCUT2D eigenvalue weighted by molar-refractivity contribution is -0.121. The van der Waals surface area contributed by atoms with Gasteiger partial charge < -0.3 is 20.1 Å². The zero-order valence-corrected chi connectivity index (χ0v) is 20.6. The monoisotopic (exact) mass is 488 g/mol. The number of hydrazine groups is 1. The van der Waals surface area contributed by atoms with Crippen LogP contribution in [-0.4, -0.2) is 59.0 Å². The summed E-state index contributed by atoms with van der Waals surface area (Å²) < 4.78 is 10.7. The van der Waals surface area contributed by atoms with Crippen molar-refractivity contribution in [3.8, 4) is 11.5 Å². The Morgan fingerprint density at radius 3 is 2.11 bits per heavy atom. The first-order valence-electron chi connectivity index (χ1n) is 11.5. The summed E-state index contributed by atoms with van der Waals surface area (Å²) in [5, 5.41) is 7.49. The molecule has 0 spiro atoms. The van der Waals surface area contributed by atoms with Crippen LogP contribution in [0, 0.1) is 0 Å². The molecule has 2 aromatic carbocycles. The van der Waals surface area contributed by atoms with Crippen molar-refractivity contribution < 1.29 is 14.3 Å². The summed E-state index contributed by atoms with van der Waals surface area (Å²) in [6.07, 6.45) is 1.69. The van der Waals surface area contributed by atoms with Crippen LogP contribution in [0.25, 0.3) is 6.08 Å². The van der Waals surface area contributed by atoms with Gasteiger partial charge in [0.15, 0.2) is 17.3 Å². The van der Waals surface area contributed by atoms with Crippen molar-refractivity contribution >= 4 is 35.7 Å². The number of hydrogen-bond donors (Lipinski definition) is 3. The van der Waals surface area contributed by atoms with Crippen LogP contribution in [0.5, 0.6) is 11.5 Å². The van der Waals surface area contributed by atoms with Gasteiger partial charge in [-0.05, 0) is 37.6 Å². The van der Waals surface area contributed by atoms with Gasteiger partial charge >= 0.3 is 0 Å². The van der Waals surface area contributed by atoms with E-state index in [-0.39, 0.29) is 17.6 Å². The number of nitrogens with one attached hydrogen (secondary N) is 3. The molecular formula is C25H28N8O3. The number of anilines is 3. The third-order valence-corrected chi connectivity index (χ3v) is 5.12. The zero-order chi connectivity index (χ0) is 25.5. The number of carbonyl (C=O) groups is 1. The highest BCUT2D eigenvalue weighted by Gasteiger charge is 2.32. The summed E-state index contributed by atoms with van der Waals surface area (Å²) in [6, 6.07) is 14.8. The summed E-state index contributed by atoms with van der Waals surface area (Å²) in [4.78, 5) is 31.3. The molecule has 1 aliphatic rings. The van der Waals surface area contributed by atoms with Crippen LogP contribution in [0.1, 0.15) is 25.0 Å². The molecule has 1 aliphatic heterocycles. The first-order valence-corrected chi connectivity index (χ1v) is 11.5. The highest BCUT2D eigenvalue weighted by molar-refractivity contribution is 6.20. The molecule has 11 nitrogen and oxygen atoms in total. The minimum atomic E-state index is -0.362. The van der Waals surface area contributed by atoms with Gasteiger partial charge in [-0.3, -0.25) is 10.2 Å². The van der Waals surface area contributed by atoms with Gasteiger partial charge in [0.1, 0.15) is 5.70 Å². The number of aromatic nitrogens is 3. The second-order valence-electron chi connectivity index (χ2n) is 7.56. The van der Waals surface area contributed by atoms with Gasteiger partial charge in [0, 0.05) is 18.7 Å². The molecule has 0 bridgehead atoms. The molecule has 186 valence electrons. The number of amidine groups is 1. The predicted octanol–water partition coefficient (Wildman–Crippen LogP) is 3.41. The fraction of sp³-hybridized carbons (Fsp3) is 0.240. The third kappa shape index (κ3) is 5.35. The molecule has 4 rings (SSSR count). The Hall–Kier alpha value is -4.67. The maximum atomic E-state index is 13.5. The van der Waals surface area contributed by atoms with E-state index in [0.29, 0.717) is 42.3 Å². The Labute approximate surface area is 209 Å². The van der Waals surface area contributed by atoms with E-state index < -0.39 is 0 Å². The Kier molecular flexibility index (Phi) is 7.59. The van der Waals surface area contributed by atoms with Crippen LogP contribution in [0.3, 0.4) is 0 Å². The van der Waals surface area contributed by atoms with Crippen LogP contribution in [0.2, 0.25) is 0 Å². The smallest absolute Gasteiger partial charge is 0.297 e. The Bertz CT molecular complexity index is 1270. The number of rotatable bonds is 10. The lowest BCUT2D eigenvalue weighted by Crippen LogP contribution is -2.38. The normalized spacial score (nSPS) is 14.0. The lowest BCUT2D eigenvalue weighted by Gasteiger charge is -2.19. The number of amides is 1. The molecule has 11 heteroatoms. The second kappa shape index (κ2) is 11.2. The second-order valence-corrected chi connectivity index (χ2v) is 7.56. The fourth-order valence-electron chi connectivity index (χ4n) is 3.50. The summed E-state index contributed by atoms with van der Waals surface area (Å²) >= 11 is 0. The molecule has 0 atom stereocenters. The van der Waals surface area contributed by atoms with Gasteiger partial charge in [0.25, 0.3) is 5.91 Å². The molecule has 3 N–H and O–H groups in total. The van der Waals surface area contributed by atoms with E-state index in [1.807, 2.05) is 50.2 Å². The van der Waals surface area contributed by atoms with Gasteiger partial charge in [-0.1, -0.05) is 36.4 Å². The molecule has 0 saturated carbocycles. The highest BCUT2D eigenvalue weighted by Crippen LogP contribution is 2.30. The standard InChI is InChI=1S/C25H28N8O3/c1-5-26-23-29-24(27-6-2)31-25(30-23)32-33-21(17-10-8-7-9-11-17)28-18(22(33)34)14-16-12-13-19(35-3)20(15-16)36-4/h7-15H,5-6H2,1-4H3,(H3,26,27,29,30,31,32)/b18-14-. The maximum Gasteiger partial charge on any atom is 0.297 e. The van der Waals surface area contributed by atoms with Crippen LogP contribution in [-0.2, 0) is 4.79 Å². The number of aliphatic imine (C=N–C) groups is 1. The van der Waals surface area contributed by atoms with Crippen molar-refractivity contribution in [3.05, 3.63) is 65.4 Å². The lowest BCUT2D eigenvalue weighted by atomic mass is 10.1. The minimum absolute atomic E-state index is 0.196. The fourth-order valence-corrected chi connectivity index (χ4v) is 3.50. The van der Waals surface area contributed by atoms with Crippen LogP contribution in [0.4, 0.5) is 17.8 Å². The van der Waals surface area contributed by atoms with Gasteiger partial charge in [-0.25, -0.2) is 4.99 Å². The average Bonchev–Trinajstić information content (AvgIpc) is 3.19. The molecule has 3 aromatic rings. The Balaban J connectivity index is 1.72. The first kappa shape index (κ1) is 24.5. The average molecular weight is 489 g/mol. The summed E-state index contributed by atoms with van der Waals surface area (Å²) in [5.74, 6) is 2.17. The predicted molar refractivity (Wildman–Crippen MR) is 139 cm³/mol. The van der Waals surface area contributed by atoms with E-state index in [9.17, 15) is 4.79 Å².